The molecule has 2 rings (SSSR count). The van der Waals surface area contributed by atoms with Gasteiger partial charge in [0.1, 0.15) is 0 Å². The highest BCUT2D eigenvalue weighted by Gasteiger charge is 2.15. The summed E-state index contributed by atoms with van der Waals surface area (Å²) in [6, 6.07) is 16.9. The van der Waals surface area contributed by atoms with E-state index < -0.39 is 0 Å². The maximum absolute atomic E-state index is 12.7. The number of benzene rings is 2. The van der Waals surface area contributed by atoms with E-state index in [-0.39, 0.29) is 18.4 Å². The van der Waals surface area contributed by atoms with Crippen LogP contribution in [0.3, 0.4) is 0 Å². The van der Waals surface area contributed by atoms with Crippen molar-refractivity contribution in [2.24, 2.45) is 0 Å². The van der Waals surface area contributed by atoms with Crippen LogP contribution < -0.4 is 10.2 Å². The third-order valence-corrected chi connectivity index (χ3v) is 4.35. The first kappa shape index (κ1) is 20.5. The standard InChI is InChI=1S/C22H29N3O2/c1-4-14-25(15-5-2)22(27)18-10-9-11-19(16-18)23-17-21(26)24(3)20-12-7-6-8-13-20/h6-13,16,23H,4-5,14-15,17H2,1-3H3. The Hall–Kier alpha value is -2.82. The second-order valence-electron chi connectivity index (χ2n) is 6.51. The summed E-state index contributed by atoms with van der Waals surface area (Å²) >= 11 is 0. The summed E-state index contributed by atoms with van der Waals surface area (Å²) in [5, 5.41) is 3.13. The Morgan fingerprint density at radius 2 is 1.59 bits per heavy atom. The van der Waals surface area contributed by atoms with Gasteiger partial charge < -0.3 is 15.1 Å². The lowest BCUT2D eigenvalue weighted by molar-refractivity contribution is -0.116. The summed E-state index contributed by atoms with van der Waals surface area (Å²) in [5.41, 5.74) is 2.26. The Balaban J connectivity index is 2.00. The molecule has 0 unspecified atom stereocenters. The molecule has 0 bridgehead atoms. The molecule has 27 heavy (non-hydrogen) atoms. The van der Waals surface area contributed by atoms with Gasteiger partial charge in [-0.25, -0.2) is 0 Å². The zero-order valence-corrected chi connectivity index (χ0v) is 16.4. The van der Waals surface area contributed by atoms with Gasteiger partial charge in [-0.05, 0) is 43.2 Å². The van der Waals surface area contributed by atoms with E-state index in [1.54, 1.807) is 11.9 Å². The topological polar surface area (TPSA) is 52.7 Å². The number of carbonyl (C=O) groups excluding carboxylic acids is 2. The lowest BCUT2D eigenvalue weighted by Crippen LogP contribution is -2.33. The fourth-order valence-electron chi connectivity index (χ4n) is 2.89. The Kier molecular flexibility index (Phi) is 7.86. The van der Waals surface area contributed by atoms with Gasteiger partial charge in [0.15, 0.2) is 0 Å². The van der Waals surface area contributed by atoms with Crippen molar-refractivity contribution in [3.05, 3.63) is 60.2 Å². The molecule has 5 heteroatoms. The Morgan fingerprint density at radius 3 is 2.22 bits per heavy atom. The van der Waals surface area contributed by atoms with Gasteiger partial charge in [-0.15, -0.1) is 0 Å². The van der Waals surface area contributed by atoms with Crippen molar-refractivity contribution in [3.63, 3.8) is 0 Å². The molecule has 144 valence electrons. The van der Waals surface area contributed by atoms with Crippen LogP contribution in [0.1, 0.15) is 37.0 Å². The van der Waals surface area contributed by atoms with E-state index in [0.717, 1.165) is 37.3 Å². The fraction of sp³-hybridized carbons (Fsp3) is 0.364. The lowest BCUT2D eigenvalue weighted by Gasteiger charge is -2.22. The van der Waals surface area contributed by atoms with Gasteiger partial charge in [0.05, 0.1) is 6.54 Å². The van der Waals surface area contributed by atoms with Crippen LogP contribution in [0.25, 0.3) is 0 Å². The smallest absolute Gasteiger partial charge is 0.253 e. The first-order valence-corrected chi connectivity index (χ1v) is 9.51. The number of rotatable bonds is 9. The highest BCUT2D eigenvalue weighted by molar-refractivity contribution is 5.97. The van der Waals surface area contributed by atoms with E-state index in [1.807, 2.05) is 59.5 Å². The van der Waals surface area contributed by atoms with Crippen LogP contribution in [0.2, 0.25) is 0 Å². The monoisotopic (exact) mass is 367 g/mol. The number of hydrogen-bond donors (Lipinski definition) is 1. The van der Waals surface area contributed by atoms with Crippen LogP contribution >= 0.6 is 0 Å². The van der Waals surface area contributed by atoms with E-state index in [9.17, 15) is 9.59 Å². The molecule has 2 aromatic rings. The maximum atomic E-state index is 12.7. The lowest BCUT2D eigenvalue weighted by atomic mass is 10.1. The minimum Gasteiger partial charge on any atom is -0.376 e. The minimum absolute atomic E-state index is 0.0371. The molecule has 2 amide bonds. The average molecular weight is 367 g/mol. The van der Waals surface area contributed by atoms with E-state index >= 15 is 0 Å². The van der Waals surface area contributed by atoms with Gasteiger partial charge >= 0.3 is 0 Å². The molecule has 0 aliphatic rings. The number of anilines is 2. The summed E-state index contributed by atoms with van der Waals surface area (Å²) in [6.45, 7) is 5.82. The zero-order chi connectivity index (χ0) is 19.6. The first-order valence-electron chi connectivity index (χ1n) is 9.51. The van der Waals surface area contributed by atoms with Gasteiger partial charge in [0.25, 0.3) is 5.91 Å². The molecular formula is C22H29N3O2. The normalized spacial score (nSPS) is 10.3. The second kappa shape index (κ2) is 10.4. The summed E-state index contributed by atoms with van der Waals surface area (Å²) in [7, 11) is 1.76. The summed E-state index contributed by atoms with van der Waals surface area (Å²) in [6.07, 6.45) is 1.87. The molecule has 0 aliphatic carbocycles. The number of carbonyl (C=O) groups is 2. The van der Waals surface area contributed by atoms with E-state index in [4.69, 9.17) is 0 Å². The molecular weight excluding hydrogens is 338 g/mol. The number of likely N-dealkylation sites (N-methyl/N-ethyl adjacent to an activating group) is 1. The van der Waals surface area contributed by atoms with Gasteiger partial charge in [0.2, 0.25) is 5.91 Å². The third-order valence-electron chi connectivity index (χ3n) is 4.35. The van der Waals surface area contributed by atoms with Crippen LogP contribution in [-0.2, 0) is 4.79 Å². The zero-order valence-electron chi connectivity index (χ0n) is 16.4. The van der Waals surface area contributed by atoms with E-state index in [1.165, 1.54) is 0 Å². The minimum atomic E-state index is -0.0449. The van der Waals surface area contributed by atoms with Gasteiger partial charge in [-0.1, -0.05) is 38.1 Å². The fourth-order valence-corrected chi connectivity index (χ4v) is 2.89. The summed E-state index contributed by atoms with van der Waals surface area (Å²) in [5.74, 6) is -0.00778. The third kappa shape index (κ3) is 5.84. The van der Waals surface area contributed by atoms with Gasteiger partial charge in [-0.3, -0.25) is 9.59 Å². The van der Waals surface area contributed by atoms with Crippen molar-refractivity contribution in [1.82, 2.24) is 4.90 Å². The van der Waals surface area contributed by atoms with Crippen molar-refractivity contribution >= 4 is 23.2 Å². The molecule has 0 aliphatic heterocycles. The Labute approximate surface area is 162 Å². The molecule has 0 spiro atoms. The van der Waals surface area contributed by atoms with Crippen molar-refractivity contribution in [1.29, 1.82) is 0 Å². The van der Waals surface area contributed by atoms with Crippen LogP contribution in [0.5, 0.6) is 0 Å². The first-order chi connectivity index (χ1) is 13.1. The Bertz CT molecular complexity index is 740. The predicted octanol–water partition coefficient (Wildman–Crippen LogP) is 4.02. The molecule has 0 saturated heterocycles. The van der Waals surface area contributed by atoms with Crippen molar-refractivity contribution < 1.29 is 9.59 Å². The summed E-state index contributed by atoms with van der Waals surface area (Å²) < 4.78 is 0. The number of hydrogen-bond acceptors (Lipinski definition) is 3. The molecule has 0 saturated carbocycles. The molecule has 0 atom stereocenters. The molecule has 0 heterocycles. The molecule has 1 N–H and O–H groups in total. The number of nitrogens with zero attached hydrogens (tertiary/aromatic N) is 2. The van der Waals surface area contributed by atoms with E-state index in [2.05, 4.69) is 19.2 Å². The number of nitrogens with one attached hydrogen (secondary N) is 1. The Morgan fingerprint density at radius 1 is 0.926 bits per heavy atom. The van der Waals surface area contributed by atoms with E-state index in [0.29, 0.717) is 5.56 Å². The van der Waals surface area contributed by atoms with Gasteiger partial charge in [0, 0.05) is 37.1 Å². The van der Waals surface area contributed by atoms with Crippen LogP contribution in [0, 0.1) is 0 Å². The number of amides is 2. The van der Waals surface area contributed by atoms with Crippen molar-refractivity contribution in [3.8, 4) is 0 Å². The SMILES string of the molecule is CCCN(CCC)C(=O)c1cccc(NCC(=O)N(C)c2ccccc2)c1. The average Bonchev–Trinajstić information content (AvgIpc) is 2.71. The molecule has 0 radical (unpaired) electrons. The van der Waals surface area contributed by atoms with Crippen molar-refractivity contribution in [2.75, 3.05) is 36.9 Å². The highest BCUT2D eigenvalue weighted by Crippen LogP contribution is 2.15. The largest absolute Gasteiger partial charge is 0.376 e. The summed E-state index contributed by atoms with van der Waals surface area (Å²) in [4.78, 5) is 28.6. The second-order valence-corrected chi connectivity index (χ2v) is 6.51. The predicted molar refractivity (Wildman–Crippen MR) is 111 cm³/mol. The molecule has 0 fully saturated rings. The molecule has 5 nitrogen and oxygen atoms in total. The molecule has 2 aromatic carbocycles. The molecule has 0 aromatic heterocycles. The number of para-hydroxylation sites is 1. The quantitative estimate of drug-likeness (QED) is 0.728. The van der Waals surface area contributed by atoms with Crippen molar-refractivity contribution in [2.45, 2.75) is 26.7 Å². The highest BCUT2D eigenvalue weighted by atomic mass is 16.2. The van der Waals surface area contributed by atoms with Gasteiger partial charge in [-0.2, -0.15) is 0 Å². The maximum Gasteiger partial charge on any atom is 0.253 e. The van der Waals surface area contributed by atoms with Crippen LogP contribution in [-0.4, -0.2) is 43.4 Å². The van der Waals surface area contributed by atoms with Crippen LogP contribution in [0.15, 0.2) is 54.6 Å². The van der Waals surface area contributed by atoms with Crippen LogP contribution in [0.4, 0.5) is 11.4 Å².